The van der Waals surface area contributed by atoms with Gasteiger partial charge in [-0.1, -0.05) is 63.4 Å². The molecule has 3 N–H and O–H groups in total. The van der Waals surface area contributed by atoms with E-state index in [-0.39, 0.29) is 28.4 Å². The summed E-state index contributed by atoms with van der Waals surface area (Å²) in [5, 5.41) is 20.7. The number of aryl methyl sites for hydroxylation is 2. The van der Waals surface area contributed by atoms with Crippen LogP contribution in [-0.2, 0) is 0 Å². The molecule has 0 aliphatic carbocycles. The van der Waals surface area contributed by atoms with E-state index >= 15 is 0 Å². The van der Waals surface area contributed by atoms with Crippen LogP contribution in [0.2, 0.25) is 0 Å². The molecule has 0 radical (unpaired) electrons. The maximum atomic E-state index is 13.7. The Labute approximate surface area is 191 Å². The second kappa shape index (κ2) is 10.3. The molecule has 0 heterocycles. The number of hydrogen-bond acceptors (Lipinski definition) is 4. The molecule has 7 heteroatoms. The molecular formula is C25H35BN2O4. The monoisotopic (exact) mass is 438 g/mol. The largest absolute Gasteiger partial charge is 0.488 e. The maximum Gasteiger partial charge on any atom is 0.488 e. The summed E-state index contributed by atoms with van der Waals surface area (Å²) in [6.45, 7) is 13.7. The van der Waals surface area contributed by atoms with Gasteiger partial charge in [-0.3, -0.25) is 15.0 Å². The summed E-state index contributed by atoms with van der Waals surface area (Å²) in [5.41, 5.74) is 6.04. The second-order valence-electron chi connectivity index (χ2n) is 9.56. The molecule has 32 heavy (non-hydrogen) atoms. The van der Waals surface area contributed by atoms with Crippen molar-refractivity contribution in [1.82, 2.24) is 10.4 Å². The van der Waals surface area contributed by atoms with Crippen LogP contribution >= 0.6 is 0 Å². The molecule has 0 saturated carbocycles. The van der Waals surface area contributed by atoms with Crippen molar-refractivity contribution in [2.75, 3.05) is 0 Å². The smallest absolute Gasteiger partial charge is 0.423 e. The zero-order chi connectivity index (χ0) is 24.2. The van der Waals surface area contributed by atoms with Crippen LogP contribution < -0.4 is 10.9 Å². The molecule has 0 saturated heterocycles. The van der Waals surface area contributed by atoms with Gasteiger partial charge in [-0.05, 0) is 61.8 Å². The average molecular weight is 438 g/mol. The Morgan fingerprint density at radius 3 is 2.16 bits per heavy atom. The Bertz CT molecular complexity index is 962. The van der Waals surface area contributed by atoms with Crippen molar-refractivity contribution in [3.05, 3.63) is 64.2 Å². The van der Waals surface area contributed by atoms with Gasteiger partial charge in [-0.2, -0.15) is 0 Å². The van der Waals surface area contributed by atoms with E-state index in [1.807, 2.05) is 32.0 Å². The topological polar surface area (TPSA) is 89.9 Å². The summed E-state index contributed by atoms with van der Waals surface area (Å²) in [5.74, 6) is -0.734. The van der Waals surface area contributed by atoms with E-state index < -0.39 is 13.0 Å². The van der Waals surface area contributed by atoms with Crippen LogP contribution in [0.15, 0.2) is 36.4 Å². The highest BCUT2D eigenvalue weighted by atomic mass is 16.4. The van der Waals surface area contributed by atoms with Crippen LogP contribution in [0.5, 0.6) is 0 Å². The molecule has 1 atom stereocenters. The third-order valence-corrected chi connectivity index (χ3v) is 5.68. The van der Waals surface area contributed by atoms with Gasteiger partial charge >= 0.3 is 7.12 Å². The molecule has 2 aromatic rings. The molecule has 172 valence electrons. The summed E-state index contributed by atoms with van der Waals surface area (Å²) < 4.78 is 0. The van der Waals surface area contributed by atoms with Gasteiger partial charge in [0.05, 0.1) is 6.04 Å². The first-order valence-electron chi connectivity index (χ1n) is 11.0. The minimum absolute atomic E-state index is 0.239. The fraction of sp³-hybridized carbons (Fsp3) is 0.440. The molecule has 0 fully saturated rings. The van der Waals surface area contributed by atoms with Crippen LogP contribution in [0.25, 0.3) is 0 Å². The van der Waals surface area contributed by atoms with Crippen molar-refractivity contribution in [2.45, 2.75) is 67.3 Å². The quantitative estimate of drug-likeness (QED) is 0.477. The summed E-state index contributed by atoms with van der Waals surface area (Å²) >= 11 is 0. The Hall–Kier alpha value is -2.64. The third kappa shape index (κ3) is 5.99. The first-order valence-corrected chi connectivity index (χ1v) is 11.0. The van der Waals surface area contributed by atoms with E-state index in [4.69, 9.17) is 0 Å². The van der Waals surface area contributed by atoms with Gasteiger partial charge in [0.25, 0.3) is 11.8 Å². The lowest BCUT2D eigenvalue weighted by Gasteiger charge is -2.40. The molecule has 0 bridgehead atoms. The zero-order valence-corrected chi connectivity index (χ0v) is 20.2. The van der Waals surface area contributed by atoms with Crippen molar-refractivity contribution in [2.24, 2.45) is 5.41 Å². The number of rotatable bonds is 6. The minimum atomic E-state index is -1.68. The number of carbonyl (C=O) groups excluding carboxylic acids is 2. The highest BCUT2D eigenvalue weighted by molar-refractivity contribution is 6.59. The van der Waals surface area contributed by atoms with Crippen LogP contribution in [0.4, 0.5) is 0 Å². The zero-order valence-electron chi connectivity index (χ0n) is 20.2. The fourth-order valence-corrected chi connectivity index (χ4v) is 4.08. The van der Waals surface area contributed by atoms with Crippen LogP contribution in [0, 0.1) is 26.2 Å². The number of nitrogens with one attached hydrogen (secondary N) is 1. The van der Waals surface area contributed by atoms with E-state index in [0.29, 0.717) is 17.5 Å². The van der Waals surface area contributed by atoms with Gasteiger partial charge in [-0.25, -0.2) is 5.01 Å². The van der Waals surface area contributed by atoms with E-state index in [9.17, 15) is 19.6 Å². The van der Waals surface area contributed by atoms with E-state index in [2.05, 4.69) is 33.1 Å². The van der Waals surface area contributed by atoms with Crippen LogP contribution in [-0.4, -0.2) is 40.0 Å². The molecule has 1 unspecified atom stereocenters. The Morgan fingerprint density at radius 1 is 1.06 bits per heavy atom. The third-order valence-electron chi connectivity index (χ3n) is 5.68. The highest BCUT2D eigenvalue weighted by Crippen LogP contribution is 2.29. The molecule has 0 aromatic heterocycles. The Morgan fingerprint density at radius 2 is 1.66 bits per heavy atom. The first-order chi connectivity index (χ1) is 14.9. The maximum absolute atomic E-state index is 13.7. The van der Waals surface area contributed by atoms with Gasteiger partial charge in [-0.15, -0.1) is 0 Å². The van der Waals surface area contributed by atoms with Crippen molar-refractivity contribution < 1.29 is 19.6 Å². The number of benzene rings is 2. The molecule has 6 nitrogen and oxygen atoms in total. The SMILES string of the molecule is CCCC(N(NC(=O)c1cccc(B(O)O)c1C)C(=O)c1cc(C)cc(C)c1)C(C)(C)C. The first kappa shape index (κ1) is 25.6. The average Bonchev–Trinajstić information content (AvgIpc) is 2.68. The van der Waals surface area contributed by atoms with Gasteiger partial charge < -0.3 is 10.0 Å². The summed E-state index contributed by atoms with van der Waals surface area (Å²) in [4.78, 5) is 27.0. The summed E-state index contributed by atoms with van der Waals surface area (Å²) in [6.07, 6.45) is 1.56. The van der Waals surface area contributed by atoms with Crippen molar-refractivity contribution in [3.63, 3.8) is 0 Å². The lowest BCUT2D eigenvalue weighted by Crippen LogP contribution is -2.56. The van der Waals surface area contributed by atoms with Gasteiger partial charge in [0.1, 0.15) is 0 Å². The van der Waals surface area contributed by atoms with Crippen LogP contribution in [0.3, 0.4) is 0 Å². The number of hydrogen-bond donors (Lipinski definition) is 3. The molecule has 0 aliphatic heterocycles. The predicted octanol–water partition coefficient (Wildman–Crippen LogP) is 3.29. The van der Waals surface area contributed by atoms with Crippen molar-refractivity contribution >= 4 is 24.4 Å². The van der Waals surface area contributed by atoms with E-state index in [1.54, 1.807) is 25.1 Å². The van der Waals surface area contributed by atoms with Crippen molar-refractivity contribution in [1.29, 1.82) is 0 Å². The fourth-order valence-electron chi connectivity index (χ4n) is 4.08. The molecule has 2 rings (SSSR count). The number of amides is 2. The lowest BCUT2D eigenvalue weighted by atomic mass is 9.76. The molecule has 2 amide bonds. The van der Waals surface area contributed by atoms with E-state index in [1.165, 1.54) is 5.01 Å². The highest BCUT2D eigenvalue weighted by Gasteiger charge is 2.35. The number of nitrogens with zero attached hydrogens (tertiary/aromatic N) is 1. The van der Waals surface area contributed by atoms with Gasteiger partial charge in [0, 0.05) is 11.1 Å². The normalized spacial score (nSPS) is 12.3. The standard InChI is InChI=1S/C25H35BN2O4/c1-8-10-22(25(5,6)7)28(24(30)19-14-16(2)13-17(3)15-19)27-23(29)20-11-9-12-21(18(20)4)26(31)32/h9,11-15,22,31-32H,8,10H2,1-7H3,(H,27,29). The molecule has 0 aliphatic rings. The second-order valence-corrected chi connectivity index (χ2v) is 9.56. The molecule has 2 aromatic carbocycles. The number of carbonyl (C=O) groups is 2. The molecule has 0 spiro atoms. The van der Waals surface area contributed by atoms with E-state index in [0.717, 1.165) is 17.5 Å². The lowest BCUT2D eigenvalue weighted by molar-refractivity contribution is 0.0271. The predicted molar refractivity (Wildman–Crippen MR) is 129 cm³/mol. The van der Waals surface area contributed by atoms with Crippen LogP contribution in [0.1, 0.15) is 77.9 Å². The molecular weight excluding hydrogens is 403 g/mol. The minimum Gasteiger partial charge on any atom is -0.423 e. The summed E-state index contributed by atoms with van der Waals surface area (Å²) in [7, 11) is -1.68. The van der Waals surface area contributed by atoms with Gasteiger partial charge in [0.15, 0.2) is 0 Å². The number of hydrazine groups is 1. The van der Waals surface area contributed by atoms with Crippen molar-refractivity contribution in [3.8, 4) is 0 Å². The Balaban J connectivity index is 2.53. The Kier molecular flexibility index (Phi) is 8.26. The van der Waals surface area contributed by atoms with Gasteiger partial charge in [0.2, 0.25) is 0 Å². The summed E-state index contributed by atoms with van der Waals surface area (Å²) in [6, 6.07) is 10.2.